The first-order valence-electron chi connectivity index (χ1n) is 8.32. The third-order valence-electron chi connectivity index (χ3n) is 3.54. The van der Waals surface area contributed by atoms with E-state index >= 15 is 0 Å². The molecular weight excluding hydrogens is 359 g/mol. The van der Waals surface area contributed by atoms with Crippen molar-refractivity contribution < 1.29 is 9.53 Å². The van der Waals surface area contributed by atoms with Crippen LogP contribution in [0.5, 0.6) is 5.75 Å². The van der Waals surface area contributed by atoms with Crippen LogP contribution in [0.3, 0.4) is 0 Å². The molecule has 6 heteroatoms. The number of hydrogen-bond donors (Lipinski definition) is 2. The minimum Gasteiger partial charge on any atom is -0.494 e. The molecule has 4 nitrogen and oxygen atoms in total. The maximum absolute atomic E-state index is 11.7. The first-order chi connectivity index (χ1) is 12.1. The lowest BCUT2D eigenvalue weighted by atomic mass is 10.2. The molecule has 134 valence electrons. The summed E-state index contributed by atoms with van der Waals surface area (Å²) < 4.78 is 5.63. The fourth-order valence-electron chi connectivity index (χ4n) is 2.21. The van der Waals surface area contributed by atoms with Gasteiger partial charge in [-0.15, -0.1) is 0 Å². The molecular formula is C19H22Cl2N2O2. The Kier molecular flexibility index (Phi) is 8.43. The van der Waals surface area contributed by atoms with Crippen LogP contribution in [-0.4, -0.2) is 19.2 Å². The van der Waals surface area contributed by atoms with Gasteiger partial charge in [-0.3, -0.25) is 0 Å². The molecule has 0 aliphatic carbocycles. The van der Waals surface area contributed by atoms with E-state index in [0.717, 1.165) is 37.1 Å². The highest BCUT2D eigenvalue weighted by Crippen LogP contribution is 2.16. The van der Waals surface area contributed by atoms with Crippen LogP contribution in [0.4, 0.5) is 10.5 Å². The zero-order valence-electron chi connectivity index (χ0n) is 13.9. The molecule has 0 saturated heterocycles. The summed E-state index contributed by atoms with van der Waals surface area (Å²) in [5.41, 5.74) is 0.723. The molecule has 0 atom stereocenters. The van der Waals surface area contributed by atoms with Gasteiger partial charge in [0.25, 0.3) is 0 Å². The zero-order chi connectivity index (χ0) is 17.9. The maximum atomic E-state index is 11.7. The summed E-state index contributed by atoms with van der Waals surface area (Å²) in [7, 11) is 0. The van der Waals surface area contributed by atoms with Gasteiger partial charge >= 0.3 is 6.03 Å². The molecule has 2 rings (SSSR count). The van der Waals surface area contributed by atoms with Gasteiger partial charge < -0.3 is 15.4 Å². The van der Waals surface area contributed by atoms with Crippen molar-refractivity contribution >= 4 is 34.9 Å². The van der Waals surface area contributed by atoms with E-state index < -0.39 is 0 Å². The Labute approximate surface area is 158 Å². The van der Waals surface area contributed by atoms with Gasteiger partial charge in [0.1, 0.15) is 5.75 Å². The average Bonchev–Trinajstić information content (AvgIpc) is 2.61. The highest BCUT2D eigenvalue weighted by Gasteiger charge is 2.01. The van der Waals surface area contributed by atoms with Crippen LogP contribution in [0.1, 0.15) is 25.7 Å². The van der Waals surface area contributed by atoms with Crippen LogP contribution < -0.4 is 15.4 Å². The van der Waals surface area contributed by atoms with E-state index in [1.807, 2.05) is 24.3 Å². The highest BCUT2D eigenvalue weighted by molar-refractivity contribution is 6.30. The maximum Gasteiger partial charge on any atom is 0.319 e. The van der Waals surface area contributed by atoms with Crippen LogP contribution in [-0.2, 0) is 0 Å². The lowest BCUT2D eigenvalue weighted by Gasteiger charge is -2.08. The number of anilines is 1. The van der Waals surface area contributed by atoms with Crippen LogP contribution in [0.15, 0.2) is 48.5 Å². The lowest BCUT2D eigenvalue weighted by molar-refractivity contribution is 0.251. The number of hydrogen-bond acceptors (Lipinski definition) is 2. The second kappa shape index (κ2) is 10.9. The number of rotatable bonds is 9. The summed E-state index contributed by atoms with van der Waals surface area (Å²) in [5.74, 6) is 0.838. The molecule has 2 N–H and O–H groups in total. The van der Waals surface area contributed by atoms with Gasteiger partial charge in [0.2, 0.25) is 0 Å². The van der Waals surface area contributed by atoms with Gasteiger partial charge in [-0.05, 0) is 61.4 Å². The highest BCUT2D eigenvalue weighted by atomic mass is 35.5. The van der Waals surface area contributed by atoms with E-state index in [4.69, 9.17) is 27.9 Å². The molecule has 0 bridgehead atoms. The molecule has 0 saturated carbocycles. The molecule has 0 fully saturated rings. The van der Waals surface area contributed by atoms with Crippen molar-refractivity contribution in [3.8, 4) is 5.75 Å². The fourth-order valence-corrected chi connectivity index (χ4v) is 2.46. The standard InChI is InChI=1S/C19H22Cl2N2O2/c20-15-5-9-17(10-6-15)23-19(24)22-13-3-1-2-4-14-25-18-11-7-16(21)8-12-18/h5-12H,1-4,13-14H2,(H2,22,23,24). The minimum atomic E-state index is -0.201. The van der Waals surface area contributed by atoms with Crippen LogP contribution in [0, 0.1) is 0 Å². The van der Waals surface area contributed by atoms with Crippen LogP contribution in [0.2, 0.25) is 10.0 Å². The molecule has 0 aliphatic heterocycles. The number of unbranched alkanes of at least 4 members (excludes halogenated alkanes) is 3. The predicted molar refractivity (Wildman–Crippen MR) is 104 cm³/mol. The van der Waals surface area contributed by atoms with E-state index in [1.54, 1.807) is 24.3 Å². The Morgan fingerprint density at radius 1 is 0.840 bits per heavy atom. The van der Waals surface area contributed by atoms with Gasteiger partial charge in [-0.2, -0.15) is 0 Å². The Hall–Kier alpha value is -1.91. The normalized spacial score (nSPS) is 10.3. The van der Waals surface area contributed by atoms with E-state index in [1.165, 1.54) is 0 Å². The van der Waals surface area contributed by atoms with Crippen molar-refractivity contribution in [1.82, 2.24) is 5.32 Å². The molecule has 0 radical (unpaired) electrons. The Morgan fingerprint density at radius 3 is 2.12 bits per heavy atom. The van der Waals surface area contributed by atoms with E-state index in [-0.39, 0.29) is 6.03 Å². The van der Waals surface area contributed by atoms with Crippen molar-refractivity contribution in [3.05, 3.63) is 58.6 Å². The van der Waals surface area contributed by atoms with Crippen molar-refractivity contribution in [2.45, 2.75) is 25.7 Å². The second-order valence-corrected chi connectivity index (χ2v) is 6.48. The van der Waals surface area contributed by atoms with Gasteiger partial charge in [-0.25, -0.2) is 4.79 Å². The number of amides is 2. The first kappa shape index (κ1) is 19.4. The summed E-state index contributed by atoms with van der Waals surface area (Å²) in [6.07, 6.45) is 4.04. The van der Waals surface area contributed by atoms with Crippen molar-refractivity contribution in [2.24, 2.45) is 0 Å². The van der Waals surface area contributed by atoms with Crippen molar-refractivity contribution in [3.63, 3.8) is 0 Å². The molecule has 0 unspecified atom stereocenters. The zero-order valence-corrected chi connectivity index (χ0v) is 15.4. The predicted octanol–water partition coefficient (Wildman–Crippen LogP) is 5.75. The van der Waals surface area contributed by atoms with Crippen LogP contribution >= 0.6 is 23.2 Å². The van der Waals surface area contributed by atoms with E-state index in [2.05, 4.69) is 10.6 Å². The molecule has 0 heterocycles. The van der Waals surface area contributed by atoms with E-state index in [0.29, 0.717) is 23.2 Å². The van der Waals surface area contributed by atoms with E-state index in [9.17, 15) is 4.79 Å². The third kappa shape index (κ3) is 8.14. The number of halogens is 2. The molecule has 0 aliphatic rings. The quantitative estimate of drug-likeness (QED) is 0.543. The summed E-state index contributed by atoms with van der Waals surface area (Å²) >= 11 is 11.6. The minimum absolute atomic E-state index is 0.201. The summed E-state index contributed by atoms with van der Waals surface area (Å²) in [6, 6.07) is 14.2. The fraction of sp³-hybridized carbons (Fsp3) is 0.316. The van der Waals surface area contributed by atoms with Crippen LogP contribution in [0.25, 0.3) is 0 Å². The lowest BCUT2D eigenvalue weighted by Crippen LogP contribution is -2.29. The summed E-state index contributed by atoms with van der Waals surface area (Å²) in [5, 5.41) is 6.96. The molecule has 0 aromatic heterocycles. The number of carbonyl (C=O) groups excluding carboxylic acids is 1. The second-order valence-electron chi connectivity index (χ2n) is 5.60. The number of benzene rings is 2. The van der Waals surface area contributed by atoms with Gasteiger partial charge in [0.05, 0.1) is 6.61 Å². The van der Waals surface area contributed by atoms with Gasteiger partial charge in [-0.1, -0.05) is 36.0 Å². The number of nitrogens with one attached hydrogen (secondary N) is 2. The monoisotopic (exact) mass is 380 g/mol. The Bertz CT molecular complexity index is 645. The molecule has 2 aromatic rings. The summed E-state index contributed by atoms with van der Waals surface area (Å²) in [6.45, 7) is 1.34. The average molecular weight is 381 g/mol. The molecule has 0 spiro atoms. The van der Waals surface area contributed by atoms with Crippen molar-refractivity contribution in [2.75, 3.05) is 18.5 Å². The van der Waals surface area contributed by atoms with Gasteiger partial charge in [0, 0.05) is 22.3 Å². The molecule has 25 heavy (non-hydrogen) atoms. The molecule has 2 amide bonds. The Balaban J connectivity index is 1.47. The van der Waals surface area contributed by atoms with Crippen molar-refractivity contribution in [1.29, 1.82) is 0 Å². The smallest absolute Gasteiger partial charge is 0.319 e. The molecule has 2 aromatic carbocycles. The number of ether oxygens (including phenoxy) is 1. The Morgan fingerprint density at radius 2 is 1.44 bits per heavy atom. The van der Waals surface area contributed by atoms with Gasteiger partial charge in [0.15, 0.2) is 0 Å². The third-order valence-corrected chi connectivity index (χ3v) is 4.05. The first-order valence-corrected chi connectivity index (χ1v) is 9.08. The number of carbonyl (C=O) groups is 1. The summed E-state index contributed by atoms with van der Waals surface area (Å²) in [4.78, 5) is 11.7. The topological polar surface area (TPSA) is 50.4 Å². The largest absolute Gasteiger partial charge is 0.494 e. The SMILES string of the molecule is O=C(NCCCCCCOc1ccc(Cl)cc1)Nc1ccc(Cl)cc1. The number of urea groups is 1.